The summed E-state index contributed by atoms with van der Waals surface area (Å²) >= 11 is 0. The number of amides is 1. The summed E-state index contributed by atoms with van der Waals surface area (Å²) in [4.78, 5) is 14.6. The maximum atomic E-state index is 12.6. The fourth-order valence-electron chi connectivity index (χ4n) is 4.27. The number of hydrogen-bond donors (Lipinski definition) is 0. The van der Waals surface area contributed by atoms with Crippen molar-refractivity contribution >= 4 is 5.91 Å². The first-order valence-electron chi connectivity index (χ1n) is 10.1. The van der Waals surface area contributed by atoms with Crippen molar-refractivity contribution in [2.75, 3.05) is 32.9 Å². The molecule has 0 spiro atoms. The van der Waals surface area contributed by atoms with E-state index in [1.54, 1.807) is 0 Å². The van der Waals surface area contributed by atoms with Crippen molar-refractivity contribution < 1.29 is 14.3 Å². The summed E-state index contributed by atoms with van der Waals surface area (Å²) in [5, 5.41) is 8.56. The molecule has 0 bridgehead atoms. The lowest BCUT2D eigenvalue weighted by Crippen LogP contribution is -2.43. The number of piperidine rings is 1. The lowest BCUT2D eigenvalue weighted by molar-refractivity contribution is -0.140. The van der Waals surface area contributed by atoms with Gasteiger partial charge in [0.25, 0.3) is 0 Å². The number of nitrogens with zero attached hydrogens (tertiary/aromatic N) is 3. The molecule has 0 radical (unpaired) electrons. The molecule has 0 atom stereocenters. The van der Waals surface area contributed by atoms with Crippen molar-refractivity contribution in [2.45, 2.75) is 51.4 Å². The van der Waals surface area contributed by atoms with Crippen molar-refractivity contribution in [3.05, 3.63) is 17.3 Å². The van der Waals surface area contributed by atoms with E-state index in [9.17, 15) is 4.79 Å². The van der Waals surface area contributed by atoms with Gasteiger partial charge in [0.1, 0.15) is 0 Å². The average Bonchev–Trinajstić information content (AvgIpc) is 2.72. The molecule has 0 N–H and O–H groups in total. The molecule has 2 aliphatic heterocycles. The van der Waals surface area contributed by atoms with Gasteiger partial charge in [0.2, 0.25) is 11.8 Å². The van der Waals surface area contributed by atoms with Gasteiger partial charge in [-0.2, -0.15) is 5.10 Å². The Kier molecular flexibility index (Phi) is 5.68. The average molecular weight is 359 g/mol. The van der Waals surface area contributed by atoms with Gasteiger partial charge in [-0.3, -0.25) is 4.79 Å². The number of likely N-dealkylation sites (tertiary alicyclic amines) is 1. The summed E-state index contributed by atoms with van der Waals surface area (Å²) in [7, 11) is 0. The van der Waals surface area contributed by atoms with Crippen molar-refractivity contribution in [1.82, 2.24) is 15.1 Å². The molecule has 1 amide bonds. The highest BCUT2D eigenvalue weighted by Gasteiger charge is 2.29. The molecule has 0 saturated carbocycles. The van der Waals surface area contributed by atoms with E-state index in [4.69, 9.17) is 9.47 Å². The van der Waals surface area contributed by atoms with E-state index in [2.05, 4.69) is 16.3 Å². The number of aryl methyl sites for hydroxylation is 2. The Hall–Kier alpha value is -1.69. The molecule has 2 fully saturated rings. The van der Waals surface area contributed by atoms with Crippen LogP contribution in [-0.2, 0) is 22.4 Å². The molecule has 0 unspecified atom stereocenters. The van der Waals surface area contributed by atoms with Gasteiger partial charge in [-0.1, -0.05) is 0 Å². The SMILES string of the molecule is O=C(C1CCOCC1)N1CCC(COc2cc3c(nn2)CCCC3)CC1. The number of hydrogen-bond acceptors (Lipinski definition) is 5. The quantitative estimate of drug-likeness (QED) is 0.826. The Morgan fingerprint density at radius 2 is 1.88 bits per heavy atom. The zero-order valence-electron chi connectivity index (χ0n) is 15.5. The van der Waals surface area contributed by atoms with E-state index >= 15 is 0 Å². The highest BCUT2D eigenvalue weighted by molar-refractivity contribution is 5.79. The summed E-state index contributed by atoms with van der Waals surface area (Å²) in [6, 6.07) is 2.07. The first-order valence-corrected chi connectivity index (χ1v) is 10.1. The fourth-order valence-corrected chi connectivity index (χ4v) is 4.27. The molecule has 4 rings (SSSR count). The van der Waals surface area contributed by atoms with Crippen LogP contribution in [0.2, 0.25) is 0 Å². The van der Waals surface area contributed by atoms with Crippen LogP contribution in [0.3, 0.4) is 0 Å². The zero-order chi connectivity index (χ0) is 17.8. The van der Waals surface area contributed by atoms with E-state index in [1.807, 2.05) is 4.90 Å². The van der Waals surface area contributed by atoms with Crippen molar-refractivity contribution in [3.63, 3.8) is 0 Å². The minimum atomic E-state index is 0.169. The van der Waals surface area contributed by atoms with Gasteiger partial charge in [0, 0.05) is 38.3 Å². The van der Waals surface area contributed by atoms with Crippen LogP contribution in [0.25, 0.3) is 0 Å². The maximum Gasteiger partial charge on any atom is 0.233 e. The molecule has 3 heterocycles. The molecule has 1 aliphatic carbocycles. The van der Waals surface area contributed by atoms with Crippen molar-refractivity contribution in [1.29, 1.82) is 0 Å². The summed E-state index contributed by atoms with van der Waals surface area (Å²) in [5.41, 5.74) is 2.45. The summed E-state index contributed by atoms with van der Waals surface area (Å²) in [5.74, 6) is 1.65. The van der Waals surface area contributed by atoms with Gasteiger partial charge >= 0.3 is 0 Å². The van der Waals surface area contributed by atoms with Crippen LogP contribution in [0.5, 0.6) is 5.88 Å². The third kappa shape index (κ3) is 4.17. The number of fused-ring (bicyclic) bond motifs is 1. The number of aromatic nitrogens is 2. The Labute approximate surface area is 155 Å². The summed E-state index contributed by atoms with van der Waals surface area (Å²) in [6.45, 7) is 3.82. The van der Waals surface area contributed by atoms with E-state index in [-0.39, 0.29) is 5.92 Å². The molecule has 1 aromatic rings. The second kappa shape index (κ2) is 8.33. The molecule has 1 aromatic heterocycles. The minimum absolute atomic E-state index is 0.169. The largest absolute Gasteiger partial charge is 0.476 e. The smallest absolute Gasteiger partial charge is 0.233 e. The Morgan fingerprint density at radius 3 is 2.69 bits per heavy atom. The Balaban J connectivity index is 1.23. The number of carbonyl (C=O) groups excluding carboxylic acids is 1. The molecule has 3 aliphatic rings. The second-order valence-electron chi connectivity index (χ2n) is 7.83. The van der Waals surface area contributed by atoms with Crippen LogP contribution in [0.4, 0.5) is 0 Å². The standard InChI is InChI=1S/C20H29N3O3/c24-20(16-7-11-25-12-8-16)23-9-5-15(6-10-23)14-26-19-13-17-3-1-2-4-18(17)21-22-19/h13,15-16H,1-12,14H2. The molecule has 6 heteroatoms. The Bertz CT molecular complexity index is 623. The van der Waals surface area contributed by atoms with Crippen LogP contribution < -0.4 is 4.74 Å². The third-order valence-corrected chi connectivity index (χ3v) is 6.01. The normalized spacial score (nSPS) is 22.1. The first kappa shape index (κ1) is 17.7. The lowest BCUT2D eigenvalue weighted by Gasteiger charge is -2.35. The van der Waals surface area contributed by atoms with Gasteiger partial charge < -0.3 is 14.4 Å². The molecule has 6 nitrogen and oxygen atoms in total. The predicted octanol–water partition coefficient (Wildman–Crippen LogP) is 2.40. The van der Waals surface area contributed by atoms with Crippen molar-refractivity contribution in [3.8, 4) is 5.88 Å². The van der Waals surface area contributed by atoms with Gasteiger partial charge in [0.15, 0.2) is 0 Å². The summed E-state index contributed by atoms with van der Waals surface area (Å²) in [6.07, 6.45) is 8.35. The monoisotopic (exact) mass is 359 g/mol. The molecular weight excluding hydrogens is 330 g/mol. The molecular formula is C20H29N3O3. The van der Waals surface area contributed by atoms with Crippen molar-refractivity contribution in [2.24, 2.45) is 11.8 Å². The molecule has 26 heavy (non-hydrogen) atoms. The first-order chi connectivity index (χ1) is 12.8. The highest BCUT2D eigenvalue weighted by Crippen LogP contribution is 2.25. The van der Waals surface area contributed by atoms with E-state index in [0.717, 1.165) is 70.5 Å². The Morgan fingerprint density at radius 1 is 1.12 bits per heavy atom. The van der Waals surface area contributed by atoms with Crippen LogP contribution in [-0.4, -0.2) is 53.9 Å². The van der Waals surface area contributed by atoms with E-state index in [1.165, 1.54) is 18.4 Å². The van der Waals surface area contributed by atoms with Gasteiger partial charge in [-0.25, -0.2) is 0 Å². The lowest BCUT2D eigenvalue weighted by atomic mass is 9.94. The van der Waals surface area contributed by atoms with Crippen LogP contribution >= 0.6 is 0 Å². The van der Waals surface area contributed by atoms with Gasteiger partial charge in [-0.15, -0.1) is 5.10 Å². The molecule has 0 aromatic carbocycles. The predicted molar refractivity (Wildman–Crippen MR) is 97.0 cm³/mol. The second-order valence-corrected chi connectivity index (χ2v) is 7.83. The van der Waals surface area contributed by atoms with Crippen LogP contribution in [0.1, 0.15) is 49.8 Å². The topological polar surface area (TPSA) is 64.5 Å². The van der Waals surface area contributed by atoms with Gasteiger partial charge in [0.05, 0.1) is 12.3 Å². The maximum absolute atomic E-state index is 12.6. The van der Waals surface area contributed by atoms with Crippen LogP contribution in [0, 0.1) is 11.8 Å². The molecule has 142 valence electrons. The fraction of sp³-hybridized carbons (Fsp3) is 0.750. The number of ether oxygens (including phenoxy) is 2. The highest BCUT2D eigenvalue weighted by atomic mass is 16.5. The summed E-state index contributed by atoms with van der Waals surface area (Å²) < 4.78 is 11.3. The number of rotatable bonds is 4. The third-order valence-electron chi connectivity index (χ3n) is 6.01. The molecule has 2 saturated heterocycles. The number of carbonyl (C=O) groups is 1. The van der Waals surface area contributed by atoms with Gasteiger partial charge in [-0.05, 0) is 62.8 Å². The minimum Gasteiger partial charge on any atom is -0.476 e. The van der Waals surface area contributed by atoms with E-state index in [0.29, 0.717) is 24.3 Å². The van der Waals surface area contributed by atoms with E-state index < -0.39 is 0 Å². The van der Waals surface area contributed by atoms with Crippen LogP contribution in [0.15, 0.2) is 6.07 Å². The zero-order valence-corrected chi connectivity index (χ0v) is 15.5.